The van der Waals surface area contributed by atoms with Crippen LogP contribution in [0.4, 0.5) is 10.3 Å². The molecule has 3 rings (SSSR count). The van der Waals surface area contributed by atoms with Gasteiger partial charge in [-0.3, -0.25) is 14.1 Å². The maximum Gasteiger partial charge on any atom is 0.269 e. The second-order valence-corrected chi connectivity index (χ2v) is 10.4. The Hall–Kier alpha value is -4.66. The minimum absolute atomic E-state index is 0.0265. The van der Waals surface area contributed by atoms with E-state index >= 15 is 0 Å². The van der Waals surface area contributed by atoms with Gasteiger partial charge in [-0.05, 0) is 44.8 Å². The molecule has 0 radical (unpaired) electrons. The van der Waals surface area contributed by atoms with Crippen LogP contribution in [0.5, 0.6) is 11.5 Å². The van der Waals surface area contributed by atoms with Crippen molar-refractivity contribution in [3.8, 4) is 28.7 Å². The number of benzene rings is 1. The monoisotopic (exact) mass is 572 g/mol. The first-order valence-electron chi connectivity index (χ1n) is 11.8. The van der Waals surface area contributed by atoms with Crippen LogP contribution in [-0.2, 0) is 10.0 Å². The molecule has 15 heteroatoms. The number of sulfonamides is 1. The number of carbonyl (C=O) groups is 1. The van der Waals surface area contributed by atoms with Crippen molar-refractivity contribution in [1.29, 1.82) is 0 Å². The quantitative estimate of drug-likeness (QED) is 0.262. The Kier molecular flexibility index (Phi) is 9.66. The molecule has 13 nitrogen and oxygen atoms in total. The molecule has 2 N–H and O–H groups in total. The lowest BCUT2D eigenvalue weighted by atomic mass is 10.2. The Bertz CT molecular complexity index is 1540. The molecule has 0 aliphatic heterocycles. The van der Waals surface area contributed by atoms with Gasteiger partial charge in [0.25, 0.3) is 5.91 Å². The Morgan fingerprint density at radius 2 is 1.82 bits per heavy atom. The number of carbonyl (C=O) groups excluding carboxylic acids is 1. The van der Waals surface area contributed by atoms with E-state index in [2.05, 4.69) is 41.9 Å². The topological polar surface area (TPSA) is 162 Å². The number of amidine groups is 1. The van der Waals surface area contributed by atoms with Gasteiger partial charge in [-0.1, -0.05) is 12.1 Å². The lowest BCUT2D eigenvalue weighted by molar-refractivity contribution is 0.0958. The second-order valence-electron chi connectivity index (χ2n) is 8.26. The third-order valence-electron chi connectivity index (χ3n) is 5.53. The molecule has 0 aliphatic rings. The lowest BCUT2D eigenvalue weighted by Gasteiger charge is -2.19. The van der Waals surface area contributed by atoms with E-state index in [0.29, 0.717) is 11.5 Å². The number of rotatable bonds is 11. The summed E-state index contributed by atoms with van der Waals surface area (Å²) in [5.41, 5.74) is 0.612. The van der Waals surface area contributed by atoms with Crippen molar-refractivity contribution in [2.24, 2.45) is 9.98 Å². The molecule has 0 saturated heterocycles. The smallest absolute Gasteiger partial charge is 0.269 e. The standard InChI is InChI=1S/C25H29FN8O5S/c1-15(26)14-29-21(27-3)13-16(2)40(36,37)33-25-32-31-23(17-9-7-10-18(30-17)24(35)28-4)34(25)22-19(38-5)11-8-12-20(22)39-6/h7-12,14,16H,3,13H2,1-2,4-6H3,(H,28,35)(H,32,33)/b15-14+,29-21-/t16-/m1/s1. The van der Waals surface area contributed by atoms with Crippen molar-refractivity contribution < 1.29 is 27.1 Å². The predicted octanol–water partition coefficient (Wildman–Crippen LogP) is 3.16. The summed E-state index contributed by atoms with van der Waals surface area (Å²) in [6.07, 6.45) is 0.755. The summed E-state index contributed by atoms with van der Waals surface area (Å²) >= 11 is 0. The van der Waals surface area contributed by atoms with Gasteiger partial charge in [0.15, 0.2) is 5.82 Å². The number of hydrogen-bond donors (Lipinski definition) is 2. The fraction of sp³-hybridized carbons (Fsp3) is 0.280. The van der Waals surface area contributed by atoms with E-state index in [1.165, 1.54) is 45.7 Å². The van der Waals surface area contributed by atoms with E-state index in [1.54, 1.807) is 30.3 Å². The molecule has 0 fully saturated rings. The first-order valence-corrected chi connectivity index (χ1v) is 13.3. The number of aliphatic imine (C=N–C) groups is 2. The van der Waals surface area contributed by atoms with E-state index in [4.69, 9.17) is 9.47 Å². The fourth-order valence-electron chi connectivity index (χ4n) is 3.51. The average molecular weight is 573 g/mol. The molecule has 212 valence electrons. The molecule has 0 aliphatic carbocycles. The summed E-state index contributed by atoms with van der Waals surface area (Å²) < 4.78 is 54.8. The van der Waals surface area contributed by atoms with Gasteiger partial charge >= 0.3 is 0 Å². The molecular weight excluding hydrogens is 543 g/mol. The molecule has 2 heterocycles. The number of aromatic nitrogens is 4. The molecule has 1 aromatic carbocycles. The zero-order chi connectivity index (χ0) is 29.4. The Morgan fingerprint density at radius 3 is 2.40 bits per heavy atom. The normalized spacial score (nSPS) is 12.9. The van der Waals surface area contributed by atoms with Gasteiger partial charge in [-0.2, -0.15) is 0 Å². The van der Waals surface area contributed by atoms with Crippen LogP contribution in [0.15, 0.2) is 58.4 Å². The van der Waals surface area contributed by atoms with Gasteiger partial charge in [0.05, 0.1) is 25.7 Å². The molecule has 1 amide bonds. The van der Waals surface area contributed by atoms with Crippen LogP contribution >= 0.6 is 0 Å². The number of halogens is 1. The molecule has 0 saturated carbocycles. The van der Waals surface area contributed by atoms with E-state index in [9.17, 15) is 17.6 Å². The second kappa shape index (κ2) is 12.9. The van der Waals surface area contributed by atoms with Crippen LogP contribution in [-0.4, -0.2) is 73.1 Å². The van der Waals surface area contributed by atoms with Crippen LogP contribution in [0.1, 0.15) is 30.8 Å². The Balaban J connectivity index is 2.18. The highest BCUT2D eigenvalue weighted by Gasteiger charge is 2.29. The number of ether oxygens (including phenoxy) is 2. The minimum Gasteiger partial charge on any atom is -0.494 e. The summed E-state index contributed by atoms with van der Waals surface area (Å²) in [5, 5.41) is 9.69. The number of allylic oxidation sites excluding steroid dienone is 1. The molecule has 0 spiro atoms. The van der Waals surface area contributed by atoms with Crippen molar-refractivity contribution >= 4 is 34.4 Å². The minimum atomic E-state index is -4.14. The van der Waals surface area contributed by atoms with Gasteiger partial charge < -0.3 is 14.8 Å². The first-order chi connectivity index (χ1) is 19.1. The van der Waals surface area contributed by atoms with Gasteiger partial charge in [-0.25, -0.2) is 27.8 Å². The van der Waals surface area contributed by atoms with Crippen molar-refractivity contribution in [2.75, 3.05) is 26.0 Å². The van der Waals surface area contributed by atoms with Crippen molar-refractivity contribution in [2.45, 2.75) is 25.5 Å². The number of anilines is 1. The predicted molar refractivity (Wildman–Crippen MR) is 150 cm³/mol. The van der Waals surface area contributed by atoms with E-state index < -0.39 is 27.0 Å². The zero-order valence-corrected chi connectivity index (χ0v) is 23.4. The maximum atomic E-state index is 13.4. The number of nitrogens with zero attached hydrogens (tertiary/aromatic N) is 6. The number of methoxy groups -OCH3 is 2. The first kappa shape index (κ1) is 29.9. The van der Waals surface area contributed by atoms with Crippen molar-refractivity contribution in [3.05, 3.63) is 54.1 Å². The molecular formula is C25H29FN8O5S. The van der Waals surface area contributed by atoms with Crippen molar-refractivity contribution in [3.63, 3.8) is 0 Å². The highest BCUT2D eigenvalue weighted by atomic mass is 32.2. The highest BCUT2D eigenvalue weighted by molar-refractivity contribution is 7.93. The number of para-hydroxylation sites is 1. The van der Waals surface area contributed by atoms with E-state index in [-0.39, 0.29) is 41.1 Å². The molecule has 0 unspecified atom stereocenters. The molecule has 2 aromatic heterocycles. The largest absolute Gasteiger partial charge is 0.494 e. The van der Waals surface area contributed by atoms with Crippen LogP contribution in [0.2, 0.25) is 0 Å². The van der Waals surface area contributed by atoms with Gasteiger partial charge in [0, 0.05) is 13.5 Å². The highest BCUT2D eigenvalue weighted by Crippen LogP contribution is 2.37. The van der Waals surface area contributed by atoms with Gasteiger partial charge in [0.2, 0.25) is 16.0 Å². The van der Waals surface area contributed by atoms with Crippen LogP contribution < -0.4 is 19.5 Å². The maximum absolute atomic E-state index is 13.4. The summed E-state index contributed by atoms with van der Waals surface area (Å²) in [6, 6.07) is 9.71. The SMILES string of the molecule is C=N/C(C[C@@H](C)S(=O)(=O)Nc1nnc(-c2cccc(C(=O)NC)n2)n1-c1c(OC)cccc1OC)=N\C=C(/C)F. The number of amides is 1. The van der Waals surface area contributed by atoms with Crippen LogP contribution in [0.25, 0.3) is 17.2 Å². The molecule has 40 heavy (non-hydrogen) atoms. The third kappa shape index (κ3) is 6.66. The van der Waals surface area contributed by atoms with Gasteiger partial charge in [-0.15, -0.1) is 10.2 Å². The average Bonchev–Trinajstić information content (AvgIpc) is 3.36. The number of nitrogens with one attached hydrogen (secondary N) is 2. The van der Waals surface area contributed by atoms with Crippen molar-refractivity contribution in [1.82, 2.24) is 25.1 Å². The van der Waals surface area contributed by atoms with Crippen LogP contribution in [0, 0.1) is 0 Å². The molecule has 3 aromatic rings. The molecule has 1 atom stereocenters. The Labute approximate surface area is 230 Å². The third-order valence-corrected chi connectivity index (χ3v) is 7.23. The zero-order valence-electron chi connectivity index (χ0n) is 22.5. The van der Waals surface area contributed by atoms with Gasteiger partial charge in [0.1, 0.15) is 40.2 Å². The van der Waals surface area contributed by atoms with E-state index in [1.807, 2.05) is 0 Å². The number of hydrogen-bond acceptors (Lipinski definition) is 9. The van der Waals surface area contributed by atoms with Crippen LogP contribution in [0.3, 0.4) is 0 Å². The number of pyridine rings is 1. The summed E-state index contributed by atoms with van der Waals surface area (Å²) in [6.45, 7) is 6.00. The fourth-order valence-corrected chi connectivity index (χ4v) is 4.47. The summed E-state index contributed by atoms with van der Waals surface area (Å²) in [4.78, 5) is 24.1. The Morgan fingerprint density at radius 1 is 1.18 bits per heavy atom. The summed E-state index contributed by atoms with van der Waals surface area (Å²) in [5.74, 6) is -0.457. The lowest BCUT2D eigenvalue weighted by Crippen LogP contribution is -2.28. The summed E-state index contributed by atoms with van der Waals surface area (Å²) in [7, 11) is 0.208. The van der Waals surface area contributed by atoms with E-state index in [0.717, 1.165) is 6.20 Å². The molecule has 0 bridgehead atoms.